The van der Waals surface area contributed by atoms with Crippen molar-refractivity contribution in [3.8, 4) is 5.69 Å². The van der Waals surface area contributed by atoms with Crippen molar-refractivity contribution in [2.45, 2.75) is 23.9 Å². The number of nitrogens with zero attached hydrogens (tertiary/aromatic N) is 2. The van der Waals surface area contributed by atoms with Gasteiger partial charge >= 0.3 is 0 Å². The quantitative estimate of drug-likeness (QED) is 0.464. The summed E-state index contributed by atoms with van der Waals surface area (Å²) in [5, 5.41) is 0.736. The molecular weight excluding hydrogens is 380 g/mol. The molecule has 0 amide bonds. The predicted octanol–water partition coefficient (Wildman–Crippen LogP) is 3.87. The molecule has 0 saturated carbocycles. The van der Waals surface area contributed by atoms with Crippen molar-refractivity contribution in [3.63, 3.8) is 0 Å². The van der Waals surface area contributed by atoms with Gasteiger partial charge in [0.05, 0.1) is 10.6 Å². The van der Waals surface area contributed by atoms with Gasteiger partial charge in [-0.05, 0) is 49.2 Å². The first-order valence-corrected chi connectivity index (χ1v) is 11.2. The monoisotopic (exact) mass is 400 g/mol. The molecule has 0 fully saturated rings. The van der Waals surface area contributed by atoms with Gasteiger partial charge in [-0.2, -0.15) is 0 Å². The largest absolute Gasteiger partial charge is 0.295 e. The highest BCUT2D eigenvalue weighted by molar-refractivity contribution is 7.99. The van der Waals surface area contributed by atoms with Gasteiger partial charge in [-0.25, -0.2) is 13.4 Å². The van der Waals surface area contributed by atoms with Crippen molar-refractivity contribution in [2.75, 3.05) is 12.0 Å². The molecule has 2 aromatic carbocycles. The fraction of sp³-hybridized carbons (Fsp3) is 0.200. The zero-order valence-electron chi connectivity index (χ0n) is 15.3. The van der Waals surface area contributed by atoms with E-state index in [1.807, 2.05) is 16.8 Å². The van der Waals surface area contributed by atoms with Gasteiger partial charge in [0.1, 0.15) is 0 Å². The fourth-order valence-corrected chi connectivity index (χ4v) is 4.07. The van der Waals surface area contributed by atoms with Crippen LogP contribution in [0.4, 0.5) is 0 Å². The van der Waals surface area contributed by atoms with Gasteiger partial charge in [0.2, 0.25) is 0 Å². The minimum absolute atomic E-state index is 0.0744. The van der Waals surface area contributed by atoms with Crippen LogP contribution in [0.2, 0.25) is 0 Å². The van der Waals surface area contributed by atoms with Crippen molar-refractivity contribution >= 4 is 27.4 Å². The molecule has 140 valence electrons. The van der Waals surface area contributed by atoms with Crippen LogP contribution in [0.3, 0.4) is 0 Å². The highest BCUT2D eigenvalue weighted by Gasteiger charge is 2.13. The molecule has 5 nitrogen and oxygen atoms in total. The van der Waals surface area contributed by atoms with Crippen molar-refractivity contribution in [1.82, 2.24) is 9.55 Å². The standard InChI is InChI=1S/C20H20N2O3S2/c1-14-4-7-17(12-15(14)2)22-11-10-21-20(22)26-13-19(23)16-5-8-18(9-6-16)27(3,24)25/h4-12H,13H2,1-3H3. The first-order valence-electron chi connectivity index (χ1n) is 8.33. The number of carbonyl (C=O) groups is 1. The SMILES string of the molecule is Cc1ccc(-n2ccnc2SCC(=O)c2ccc(S(C)(=O)=O)cc2)cc1C. The molecule has 27 heavy (non-hydrogen) atoms. The number of Topliss-reactive ketones (excluding diaryl/α,β-unsaturated/α-hetero) is 1. The second-order valence-corrected chi connectivity index (χ2v) is 9.32. The Morgan fingerprint density at radius 2 is 1.78 bits per heavy atom. The van der Waals surface area contributed by atoms with Crippen LogP contribution in [0.25, 0.3) is 5.69 Å². The number of hydrogen-bond donors (Lipinski definition) is 0. The molecular formula is C20H20N2O3S2. The molecule has 1 aromatic heterocycles. The van der Waals surface area contributed by atoms with Crippen LogP contribution in [0.15, 0.2) is 64.9 Å². The average Bonchev–Trinajstić information content (AvgIpc) is 3.10. The first-order chi connectivity index (χ1) is 12.8. The lowest BCUT2D eigenvalue weighted by Gasteiger charge is -2.09. The lowest BCUT2D eigenvalue weighted by Crippen LogP contribution is -2.05. The van der Waals surface area contributed by atoms with Gasteiger partial charge in [-0.15, -0.1) is 0 Å². The maximum atomic E-state index is 12.4. The maximum absolute atomic E-state index is 12.4. The van der Waals surface area contributed by atoms with Crippen molar-refractivity contribution in [1.29, 1.82) is 0 Å². The third kappa shape index (κ3) is 4.48. The van der Waals surface area contributed by atoms with E-state index >= 15 is 0 Å². The average molecular weight is 401 g/mol. The molecule has 0 saturated heterocycles. The second kappa shape index (κ2) is 7.70. The third-order valence-electron chi connectivity index (χ3n) is 4.31. The van der Waals surface area contributed by atoms with Crippen LogP contribution < -0.4 is 0 Å². The number of rotatable bonds is 6. The number of ketones is 1. The molecule has 1 heterocycles. The summed E-state index contributed by atoms with van der Waals surface area (Å²) in [6.07, 6.45) is 4.73. The van der Waals surface area contributed by atoms with Gasteiger partial charge < -0.3 is 0 Å². The van der Waals surface area contributed by atoms with Crippen LogP contribution in [-0.2, 0) is 9.84 Å². The summed E-state index contributed by atoms with van der Waals surface area (Å²) in [5.41, 5.74) is 3.90. The van der Waals surface area contributed by atoms with E-state index in [1.54, 1.807) is 18.3 Å². The van der Waals surface area contributed by atoms with Crippen molar-refractivity contribution in [3.05, 3.63) is 71.5 Å². The Kier molecular flexibility index (Phi) is 5.53. The molecule has 0 unspecified atom stereocenters. The fourth-order valence-electron chi connectivity index (χ4n) is 2.57. The number of benzene rings is 2. The Bertz CT molecular complexity index is 1080. The molecule has 0 aliphatic rings. The number of sulfone groups is 1. The van der Waals surface area contributed by atoms with E-state index in [0.29, 0.717) is 5.56 Å². The summed E-state index contributed by atoms with van der Waals surface area (Å²) in [4.78, 5) is 17.0. The first kappa shape index (κ1) is 19.4. The molecule has 3 rings (SSSR count). The van der Waals surface area contributed by atoms with Gasteiger partial charge in [-0.1, -0.05) is 30.0 Å². The molecule has 0 aliphatic carbocycles. The molecule has 0 bridgehead atoms. The van der Waals surface area contributed by atoms with Crippen LogP contribution in [0.1, 0.15) is 21.5 Å². The van der Waals surface area contributed by atoms with Gasteiger partial charge in [-0.3, -0.25) is 9.36 Å². The minimum atomic E-state index is -3.27. The Morgan fingerprint density at radius 3 is 2.41 bits per heavy atom. The molecule has 7 heteroatoms. The summed E-state index contributed by atoms with van der Waals surface area (Å²) in [7, 11) is -3.27. The zero-order valence-corrected chi connectivity index (χ0v) is 17.0. The van der Waals surface area contributed by atoms with E-state index < -0.39 is 9.84 Å². The molecule has 3 aromatic rings. The third-order valence-corrected chi connectivity index (χ3v) is 6.41. The number of hydrogen-bond acceptors (Lipinski definition) is 5. The molecule has 0 aliphatic heterocycles. The highest BCUT2D eigenvalue weighted by Crippen LogP contribution is 2.23. The van der Waals surface area contributed by atoms with E-state index in [0.717, 1.165) is 17.1 Å². The summed E-state index contributed by atoms with van der Waals surface area (Å²) >= 11 is 1.36. The Hall–Kier alpha value is -2.38. The van der Waals surface area contributed by atoms with Crippen molar-refractivity contribution < 1.29 is 13.2 Å². The molecule has 0 atom stereocenters. The van der Waals surface area contributed by atoms with Crippen LogP contribution in [0, 0.1) is 13.8 Å². The lowest BCUT2D eigenvalue weighted by molar-refractivity contribution is 0.102. The van der Waals surface area contributed by atoms with Crippen LogP contribution in [0.5, 0.6) is 0 Å². The lowest BCUT2D eigenvalue weighted by atomic mass is 10.1. The number of imidazole rings is 1. The van der Waals surface area contributed by atoms with E-state index in [1.165, 1.54) is 35.0 Å². The summed E-state index contributed by atoms with van der Waals surface area (Å²) in [6.45, 7) is 4.13. The van der Waals surface area contributed by atoms with Gasteiger partial charge in [0, 0.05) is 29.9 Å². The predicted molar refractivity (Wildman–Crippen MR) is 108 cm³/mol. The van der Waals surface area contributed by atoms with E-state index in [9.17, 15) is 13.2 Å². The molecule has 0 N–H and O–H groups in total. The number of aromatic nitrogens is 2. The summed E-state index contributed by atoms with van der Waals surface area (Å²) < 4.78 is 25.0. The summed E-state index contributed by atoms with van der Waals surface area (Å²) in [5.74, 6) is 0.148. The maximum Gasteiger partial charge on any atom is 0.175 e. The van der Waals surface area contributed by atoms with Crippen LogP contribution >= 0.6 is 11.8 Å². The van der Waals surface area contributed by atoms with E-state index in [-0.39, 0.29) is 16.4 Å². The number of carbonyl (C=O) groups excluding carboxylic acids is 1. The van der Waals surface area contributed by atoms with Crippen LogP contribution in [-0.4, -0.2) is 35.8 Å². The molecule has 0 radical (unpaired) electrons. The van der Waals surface area contributed by atoms with Crippen molar-refractivity contribution in [2.24, 2.45) is 0 Å². The Balaban J connectivity index is 1.73. The topological polar surface area (TPSA) is 69.0 Å². The van der Waals surface area contributed by atoms with Gasteiger partial charge in [0.15, 0.2) is 20.8 Å². The molecule has 0 spiro atoms. The Morgan fingerprint density at radius 1 is 1.07 bits per heavy atom. The highest BCUT2D eigenvalue weighted by atomic mass is 32.2. The Labute approximate surface area is 163 Å². The van der Waals surface area contributed by atoms with Gasteiger partial charge in [0.25, 0.3) is 0 Å². The number of thioether (sulfide) groups is 1. The zero-order chi connectivity index (χ0) is 19.6. The number of aryl methyl sites for hydroxylation is 2. The smallest absolute Gasteiger partial charge is 0.175 e. The minimum Gasteiger partial charge on any atom is -0.295 e. The second-order valence-electron chi connectivity index (χ2n) is 6.36. The summed E-state index contributed by atoms with van der Waals surface area (Å²) in [6, 6.07) is 12.2. The van der Waals surface area contributed by atoms with E-state index in [4.69, 9.17) is 0 Å². The van der Waals surface area contributed by atoms with E-state index in [2.05, 4.69) is 31.0 Å². The normalized spacial score (nSPS) is 11.5.